The minimum atomic E-state index is -0.400. The molecule has 0 aliphatic carbocycles. The van der Waals surface area contributed by atoms with E-state index in [1.165, 1.54) is 0 Å². The molecule has 0 aliphatic heterocycles. The van der Waals surface area contributed by atoms with Gasteiger partial charge in [-0.05, 0) is 54.8 Å². The number of hydrogen-bond acceptors (Lipinski definition) is 5. The molecule has 5 heteroatoms. The van der Waals surface area contributed by atoms with Crippen molar-refractivity contribution in [1.82, 2.24) is 0 Å². The Balaban J connectivity index is 2.14. The van der Waals surface area contributed by atoms with Crippen molar-refractivity contribution in [2.24, 2.45) is 0 Å². The number of rotatable bonds is 6. The zero-order valence-corrected chi connectivity index (χ0v) is 14.6. The van der Waals surface area contributed by atoms with Crippen LogP contribution in [0.25, 0.3) is 0 Å². The van der Waals surface area contributed by atoms with E-state index in [2.05, 4.69) is 0 Å². The Labute approximate surface area is 142 Å². The smallest absolute Gasteiger partial charge is 0.338 e. The largest absolute Gasteiger partial charge is 0.496 e. The van der Waals surface area contributed by atoms with Crippen LogP contribution in [0.1, 0.15) is 27.0 Å². The van der Waals surface area contributed by atoms with Gasteiger partial charge in [-0.15, -0.1) is 0 Å². The summed E-state index contributed by atoms with van der Waals surface area (Å²) in [7, 11) is 4.73. The standard InChI is InChI=1S/C19H22O5/c1-12-6-7-14(9-16(12)21-3)19(20)24-11-15-10-18(23-5)17(22-4)8-13(15)2/h6-10H,11H2,1-5H3. The van der Waals surface area contributed by atoms with Gasteiger partial charge in [-0.1, -0.05) is 6.07 Å². The number of benzene rings is 2. The first-order valence-corrected chi connectivity index (χ1v) is 7.53. The third kappa shape index (κ3) is 3.79. The van der Waals surface area contributed by atoms with Crippen molar-refractivity contribution >= 4 is 5.97 Å². The maximum atomic E-state index is 12.3. The van der Waals surface area contributed by atoms with Gasteiger partial charge in [0.1, 0.15) is 12.4 Å². The summed E-state index contributed by atoms with van der Waals surface area (Å²) >= 11 is 0. The highest BCUT2D eigenvalue weighted by Gasteiger charge is 2.13. The molecular formula is C19H22O5. The lowest BCUT2D eigenvalue weighted by Gasteiger charge is -2.13. The van der Waals surface area contributed by atoms with Crippen LogP contribution < -0.4 is 14.2 Å². The quantitative estimate of drug-likeness (QED) is 0.756. The summed E-state index contributed by atoms with van der Waals surface area (Å²) in [5.74, 6) is 1.51. The lowest BCUT2D eigenvalue weighted by Crippen LogP contribution is -2.07. The summed E-state index contributed by atoms with van der Waals surface area (Å²) in [5.41, 5.74) is 3.24. The van der Waals surface area contributed by atoms with E-state index in [1.807, 2.05) is 32.0 Å². The molecule has 0 radical (unpaired) electrons. The SMILES string of the molecule is COc1cc(C(=O)OCc2cc(OC)c(OC)cc2C)ccc1C. The second kappa shape index (κ2) is 7.73. The van der Waals surface area contributed by atoms with Gasteiger partial charge < -0.3 is 18.9 Å². The second-order valence-electron chi connectivity index (χ2n) is 5.39. The Kier molecular flexibility index (Phi) is 5.68. The number of methoxy groups -OCH3 is 3. The van der Waals surface area contributed by atoms with Crippen LogP contribution in [0.5, 0.6) is 17.2 Å². The van der Waals surface area contributed by atoms with Crippen molar-refractivity contribution in [3.63, 3.8) is 0 Å². The molecule has 2 aromatic rings. The molecule has 0 amide bonds. The molecule has 5 nitrogen and oxygen atoms in total. The van der Waals surface area contributed by atoms with Gasteiger partial charge in [-0.2, -0.15) is 0 Å². The minimum Gasteiger partial charge on any atom is -0.496 e. The molecule has 0 aromatic heterocycles. The van der Waals surface area contributed by atoms with Gasteiger partial charge >= 0.3 is 5.97 Å². The highest BCUT2D eigenvalue weighted by Crippen LogP contribution is 2.30. The highest BCUT2D eigenvalue weighted by atomic mass is 16.5. The minimum absolute atomic E-state index is 0.154. The molecule has 0 bridgehead atoms. The van der Waals surface area contributed by atoms with E-state index in [4.69, 9.17) is 18.9 Å². The van der Waals surface area contributed by atoms with Crippen LogP contribution in [0.3, 0.4) is 0 Å². The number of carbonyl (C=O) groups excluding carboxylic acids is 1. The molecule has 0 saturated carbocycles. The molecule has 0 atom stereocenters. The Bertz CT molecular complexity index is 737. The van der Waals surface area contributed by atoms with Crippen LogP contribution in [-0.4, -0.2) is 27.3 Å². The van der Waals surface area contributed by atoms with Gasteiger partial charge in [0, 0.05) is 0 Å². The molecule has 0 heterocycles. The summed E-state index contributed by atoms with van der Waals surface area (Å²) in [4.78, 5) is 12.3. The Morgan fingerprint density at radius 3 is 2.08 bits per heavy atom. The predicted octanol–water partition coefficient (Wildman–Crippen LogP) is 3.69. The summed E-state index contributed by atoms with van der Waals surface area (Å²) < 4.78 is 21.2. The summed E-state index contributed by atoms with van der Waals surface area (Å²) in [6, 6.07) is 8.91. The molecule has 2 aromatic carbocycles. The van der Waals surface area contributed by atoms with Gasteiger partial charge in [0.2, 0.25) is 0 Å². The fourth-order valence-corrected chi connectivity index (χ4v) is 2.35. The van der Waals surface area contributed by atoms with Crippen LogP contribution in [-0.2, 0) is 11.3 Å². The number of hydrogen-bond donors (Lipinski definition) is 0. The van der Waals surface area contributed by atoms with E-state index in [0.717, 1.165) is 16.7 Å². The fraction of sp³-hybridized carbons (Fsp3) is 0.316. The van der Waals surface area contributed by atoms with E-state index >= 15 is 0 Å². The average molecular weight is 330 g/mol. The van der Waals surface area contributed by atoms with E-state index in [1.54, 1.807) is 33.5 Å². The molecule has 0 unspecified atom stereocenters. The zero-order chi connectivity index (χ0) is 17.7. The van der Waals surface area contributed by atoms with Crippen LogP contribution in [0.2, 0.25) is 0 Å². The monoisotopic (exact) mass is 330 g/mol. The summed E-state index contributed by atoms with van der Waals surface area (Å²) in [6.07, 6.45) is 0. The van der Waals surface area contributed by atoms with Crippen molar-refractivity contribution in [3.8, 4) is 17.2 Å². The van der Waals surface area contributed by atoms with Crippen LogP contribution in [0.15, 0.2) is 30.3 Å². The first-order chi connectivity index (χ1) is 11.5. The maximum absolute atomic E-state index is 12.3. The van der Waals surface area contributed by atoms with Crippen LogP contribution in [0, 0.1) is 13.8 Å². The van der Waals surface area contributed by atoms with Crippen LogP contribution in [0.4, 0.5) is 0 Å². The first kappa shape index (κ1) is 17.7. The molecule has 24 heavy (non-hydrogen) atoms. The molecule has 2 rings (SSSR count). The Morgan fingerprint density at radius 1 is 0.833 bits per heavy atom. The Morgan fingerprint density at radius 2 is 1.46 bits per heavy atom. The highest BCUT2D eigenvalue weighted by molar-refractivity contribution is 5.90. The van der Waals surface area contributed by atoms with E-state index in [0.29, 0.717) is 22.8 Å². The number of aryl methyl sites for hydroxylation is 2. The molecular weight excluding hydrogens is 308 g/mol. The topological polar surface area (TPSA) is 54.0 Å². The van der Waals surface area contributed by atoms with Crippen molar-refractivity contribution in [1.29, 1.82) is 0 Å². The zero-order valence-electron chi connectivity index (χ0n) is 14.6. The van der Waals surface area contributed by atoms with Gasteiger partial charge in [0.05, 0.1) is 26.9 Å². The van der Waals surface area contributed by atoms with Gasteiger partial charge in [-0.25, -0.2) is 4.79 Å². The van der Waals surface area contributed by atoms with Gasteiger partial charge in [0.25, 0.3) is 0 Å². The number of esters is 1. The Hall–Kier alpha value is -2.69. The molecule has 0 aliphatic rings. The predicted molar refractivity (Wildman–Crippen MR) is 91.1 cm³/mol. The molecule has 0 N–H and O–H groups in total. The second-order valence-corrected chi connectivity index (χ2v) is 5.39. The van der Waals surface area contributed by atoms with Gasteiger partial charge in [-0.3, -0.25) is 0 Å². The van der Waals surface area contributed by atoms with E-state index in [-0.39, 0.29) is 6.61 Å². The molecule has 0 fully saturated rings. The van der Waals surface area contributed by atoms with E-state index in [9.17, 15) is 4.79 Å². The van der Waals surface area contributed by atoms with Crippen molar-refractivity contribution in [2.45, 2.75) is 20.5 Å². The van der Waals surface area contributed by atoms with Gasteiger partial charge in [0.15, 0.2) is 11.5 Å². The van der Waals surface area contributed by atoms with E-state index < -0.39 is 5.97 Å². The molecule has 0 saturated heterocycles. The summed E-state index contributed by atoms with van der Waals surface area (Å²) in [6.45, 7) is 4.00. The van der Waals surface area contributed by atoms with Crippen molar-refractivity contribution < 1.29 is 23.7 Å². The first-order valence-electron chi connectivity index (χ1n) is 7.53. The fourth-order valence-electron chi connectivity index (χ4n) is 2.35. The number of ether oxygens (including phenoxy) is 4. The lowest BCUT2D eigenvalue weighted by atomic mass is 10.1. The maximum Gasteiger partial charge on any atom is 0.338 e. The molecule has 128 valence electrons. The summed E-state index contributed by atoms with van der Waals surface area (Å²) in [5, 5.41) is 0. The van der Waals surface area contributed by atoms with Crippen LogP contribution >= 0.6 is 0 Å². The third-order valence-corrected chi connectivity index (χ3v) is 3.84. The van der Waals surface area contributed by atoms with Crippen molar-refractivity contribution in [2.75, 3.05) is 21.3 Å². The number of carbonyl (C=O) groups is 1. The normalized spacial score (nSPS) is 10.2. The average Bonchev–Trinajstić information content (AvgIpc) is 2.60. The lowest BCUT2D eigenvalue weighted by molar-refractivity contribution is 0.0471. The third-order valence-electron chi connectivity index (χ3n) is 3.84. The van der Waals surface area contributed by atoms with Crippen molar-refractivity contribution in [3.05, 3.63) is 52.6 Å². The molecule has 0 spiro atoms.